The number of rotatable bonds is 6. The van der Waals surface area contributed by atoms with Crippen molar-refractivity contribution in [3.63, 3.8) is 0 Å². The minimum absolute atomic E-state index is 0.286. The molecule has 2 heteroatoms. The first kappa shape index (κ1) is 14.6. The Balaban J connectivity index is 2.06. The third-order valence-corrected chi connectivity index (χ3v) is 3.64. The summed E-state index contributed by atoms with van der Waals surface area (Å²) in [4.78, 5) is 0. The maximum Gasteiger partial charge on any atom is 0.124 e. The Morgan fingerprint density at radius 3 is 2.30 bits per heavy atom. The fourth-order valence-electron chi connectivity index (χ4n) is 2.16. The van der Waals surface area contributed by atoms with Gasteiger partial charge in [0.15, 0.2) is 0 Å². The van der Waals surface area contributed by atoms with Gasteiger partial charge in [0.05, 0.1) is 0 Å². The van der Waals surface area contributed by atoms with Crippen LogP contribution < -0.4 is 10.1 Å². The molecular weight excluding hydrogens is 246 g/mol. The van der Waals surface area contributed by atoms with Gasteiger partial charge in [-0.3, -0.25) is 0 Å². The van der Waals surface area contributed by atoms with E-state index in [1.807, 2.05) is 25.2 Å². The molecule has 2 aromatic carbocycles. The number of nitrogens with one attached hydrogen (secondary N) is 1. The van der Waals surface area contributed by atoms with Crippen LogP contribution in [0.15, 0.2) is 48.5 Å². The molecule has 0 spiro atoms. The maximum atomic E-state index is 5.98. The van der Waals surface area contributed by atoms with E-state index in [1.54, 1.807) is 0 Å². The second kappa shape index (κ2) is 7.11. The number of ether oxygens (including phenoxy) is 1. The summed E-state index contributed by atoms with van der Waals surface area (Å²) in [7, 11) is 1.96. The Morgan fingerprint density at radius 1 is 1.00 bits per heavy atom. The lowest BCUT2D eigenvalue weighted by Crippen LogP contribution is -2.13. The predicted octanol–water partition coefficient (Wildman–Crippen LogP) is 4.11. The average molecular weight is 269 g/mol. The summed E-state index contributed by atoms with van der Waals surface area (Å²) in [6, 6.07) is 17.1. The van der Waals surface area contributed by atoms with Gasteiger partial charge < -0.3 is 10.1 Å². The zero-order valence-electron chi connectivity index (χ0n) is 12.5. The zero-order chi connectivity index (χ0) is 14.4. The van der Waals surface area contributed by atoms with Gasteiger partial charge in [-0.25, -0.2) is 0 Å². The minimum atomic E-state index is 0.286. The molecule has 0 saturated heterocycles. The summed E-state index contributed by atoms with van der Waals surface area (Å²) in [5, 5.41) is 3.25. The SMILES string of the molecule is CCc1ccc(COc2ccccc2C(C)NC)cc1. The van der Waals surface area contributed by atoms with Crippen LogP contribution in [0.1, 0.15) is 36.6 Å². The van der Waals surface area contributed by atoms with Crippen molar-refractivity contribution in [1.29, 1.82) is 0 Å². The molecule has 0 aromatic heterocycles. The third-order valence-electron chi connectivity index (χ3n) is 3.64. The Kier molecular flexibility index (Phi) is 5.19. The van der Waals surface area contributed by atoms with E-state index in [2.05, 4.69) is 49.5 Å². The molecular formula is C18H23NO. The van der Waals surface area contributed by atoms with E-state index in [1.165, 1.54) is 16.7 Å². The first-order valence-electron chi connectivity index (χ1n) is 7.21. The summed E-state index contributed by atoms with van der Waals surface area (Å²) in [5.74, 6) is 0.953. The molecule has 0 aliphatic carbocycles. The van der Waals surface area contributed by atoms with Crippen LogP contribution in [0.3, 0.4) is 0 Å². The van der Waals surface area contributed by atoms with Gasteiger partial charge in [-0.05, 0) is 37.6 Å². The third kappa shape index (κ3) is 3.61. The lowest BCUT2D eigenvalue weighted by Gasteiger charge is -2.16. The highest BCUT2D eigenvalue weighted by Gasteiger charge is 2.09. The molecule has 20 heavy (non-hydrogen) atoms. The first-order valence-corrected chi connectivity index (χ1v) is 7.21. The molecule has 0 amide bonds. The molecule has 0 saturated carbocycles. The number of hydrogen-bond donors (Lipinski definition) is 1. The maximum absolute atomic E-state index is 5.98. The van der Waals surface area contributed by atoms with Gasteiger partial charge in [0.1, 0.15) is 12.4 Å². The van der Waals surface area contributed by atoms with E-state index in [0.717, 1.165) is 12.2 Å². The molecule has 0 radical (unpaired) electrons. The fraction of sp³-hybridized carbons (Fsp3) is 0.333. The van der Waals surface area contributed by atoms with Crippen LogP contribution in [-0.2, 0) is 13.0 Å². The van der Waals surface area contributed by atoms with Crippen molar-refractivity contribution in [1.82, 2.24) is 5.32 Å². The van der Waals surface area contributed by atoms with Crippen molar-refractivity contribution in [2.75, 3.05) is 7.05 Å². The molecule has 1 unspecified atom stereocenters. The number of hydrogen-bond acceptors (Lipinski definition) is 2. The quantitative estimate of drug-likeness (QED) is 0.852. The van der Waals surface area contributed by atoms with Gasteiger partial charge in [-0.15, -0.1) is 0 Å². The molecule has 1 atom stereocenters. The molecule has 0 heterocycles. The Labute approximate surface area is 121 Å². The highest BCUT2D eigenvalue weighted by atomic mass is 16.5. The van der Waals surface area contributed by atoms with E-state index in [9.17, 15) is 0 Å². The van der Waals surface area contributed by atoms with Crippen LogP contribution >= 0.6 is 0 Å². The van der Waals surface area contributed by atoms with Gasteiger partial charge in [0.2, 0.25) is 0 Å². The zero-order valence-corrected chi connectivity index (χ0v) is 12.5. The van der Waals surface area contributed by atoms with Crippen LogP contribution in [0.2, 0.25) is 0 Å². The van der Waals surface area contributed by atoms with E-state index in [4.69, 9.17) is 4.74 Å². The van der Waals surface area contributed by atoms with E-state index >= 15 is 0 Å². The summed E-state index contributed by atoms with van der Waals surface area (Å²) < 4.78 is 5.98. The summed E-state index contributed by atoms with van der Waals surface area (Å²) in [6.45, 7) is 4.91. The van der Waals surface area contributed by atoms with Gasteiger partial charge in [-0.2, -0.15) is 0 Å². The van der Waals surface area contributed by atoms with Crippen LogP contribution in [0.5, 0.6) is 5.75 Å². The summed E-state index contributed by atoms with van der Waals surface area (Å²) >= 11 is 0. The topological polar surface area (TPSA) is 21.3 Å². The normalized spacial score (nSPS) is 12.2. The average Bonchev–Trinajstić information content (AvgIpc) is 2.53. The van der Waals surface area contributed by atoms with Crippen molar-refractivity contribution in [3.05, 3.63) is 65.2 Å². The Hall–Kier alpha value is -1.80. The highest BCUT2D eigenvalue weighted by Crippen LogP contribution is 2.25. The Bertz CT molecular complexity index is 533. The van der Waals surface area contributed by atoms with Gasteiger partial charge >= 0.3 is 0 Å². The first-order chi connectivity index (χ1) is 9.74. The predicted molar refractivity (Wildman–Crippen MR) is 84.1 cm³/mol. The second-order valence-electron chi connectivity index (χ2n) is 5.01. The van der Waals surface area contributed by atoms with Gasteiger partial charge in [-0.1, -0.05) is 49.4 Å². The number of para-hydroxylation sites is 1. The van der Waals surface area contributed by atoms with Crippen molar-refractivity contribution in [2.24, 2.45) is 0 Å². The molecule has 106 valence electrons. The summed E-state index contributed by atoms with van der Waals surface area (Å²) in [6.07, 6.45) is 1.07. The molecule has 2 aromatic rings. The highest BCUT2D eigenvalue weighted by molar-refractivity contribution is 5.36. The molecule has 0 aliphatic heterocycles. The fourth-order valence-corrected chi connectivity index (χ4v) is 2.16. The van der Waals surface area contributed by atoms with Crippen LogP contribution in [0.4, 0.5) is 0 Å². The molecule has 2 rings (SSSR count). The largest absolute Gasteiger partial charge is 0.489 e. The summed E-state index contributed by atoms with van der Waals surface area (Å²) in [5.41, 5.74) is 3.76. The second-order valence-corrected chi connectivity index (χ2v) is 5.01. The molecule has 1 N–H and O–H groups in total. The van der Waals surface area contributed by atoms with Crippen molar-refractivity contribution >= 4 is 0 Å². The van der Waals surface area contributed by atoms with E-state index < -0.39 is 0 Å². The lowest BCUT2D eigenvalue weighted by atomic mass is 10.1. The molecule has 0 aliphatic rings. The lowest BCUT2D eigenvalue weighted by molar-refractivity contribution is 0.300. The molecule has 0 fully saturated rings. The Morgan fingerprint density at radius 2 is 1.65 bits per heavy atom. The monoisotopic (exact) mass is 269 g/mol. The molecule has 2 nitrogen and oxygen atoms in total. The van der Waals surface area contributed by atoms with Gasteiger partial charge in [0.25, 0.3) is 0 Å². The van der Waals surface area contributed by atoms with E-state index in [-0.39, 0.29) is 6.04 Å². The van der Waals surface area contributed by atoms with Gasteiger partial charge in [0, 0.05) is 11.6 Å². The van der Waals surface area contributed by atoms with Crippen molar-refractivity contribution in [2.45, 2.75) is 32.9 Å². The molecule has 0 bridgehead atoms. The van der Waals surface area contributed by atoms with Crippen LogP contribution in [0.25, 0.3) is 0 Å². The smallest absolute Gasteiger partial charge is 0.124 e. The number of aryl methyl sites for hydroxylation is 1. The van der Waals surface area contributed by atoms with E-state index in [0.29, 0.717) is 6.61 Å². The van der Waals surface area contributed by atoms with Crippen molar-refractivity contribution < 1.29 is 4.74 Å². The standard InChI is InChI=1S/C18H23NO/c1-4-15-9-11-16(12-10-15)13-20-18-8-6-5-7-17(18)14(2)19-3/h5-12,14,19H,4,13H2,1-3H3. The van der Waals surface area contributed by atoms with Crippen LogP contribution in [-0.4, -0.2) is 7.05 Å². The van der Waals surface area contributed by atoms with Crippen molar-refractivity contribution in [3.8, 4) is 5.75 Å². The minimum Gasteiger partial charge on any atom is -0.489 e. The van der Waals surface area contributed by atoms with Crippen LogP contribution in [0, 0.1) is 0 Å². The number of benzene rings is 2.